The summed E-state index contributed by atoms with van der Waals surface area (Å²) in [5.41, 5.74) is 1.55. The first-order valence-electron chi connectivity index (χ1n) is 6.95. The van der Waals surface area contributed by atoms with E-state index in [1.165, 1.54) is 12.1 Å². The van der Waals surface area contributed by atoms with Crippen molar-refractivity contribution in [3.05, 3.63) is 71.5 Å². The summed E-state index contributed by atoms with van der Waals surface area (Å²) < 4.78 is 18.6. The van der Waals surface area contributed by atoms with Crippen molar-refractivity contribution in [1.29, 1.82) is 0 Å². The number of hydrogen-bond acceptors (Lipinski definition) is 2. The molecular weight excluding hydrogens is 269 g/mol. The van der Waals surface area contributed by atoms with Gasteiger partial charge < -0.3 is 9.64 Å². The Hall–Kier alpha value is -2.20. The molecule has 3 rings (SSSR count). The lowest BCUT2D eigenvalue weighted by Gasteiger charge is -2.36. The minimum absolute atomic E-state index is 0.0202. The zero-order valence-corrected chi connectivity index (χ0v) is 11.5. The summed E-state index contributed by atoms with van der Waals surface area (Å²) in [6.07, 6.45) is 0. The van der Waals surface area contributed by atoms with Crippen molar-refractivity contribution in [3.8, 4) is 0 Å². The van der Waals surface area contributed by atoms with Gasteiger partial charge in [-0.25, -0.2) is 4.39 Å². The molecule has 1 heterocycles. The van der Waals surface area contributed by atoms with Crippen molar-refractivity contribution >= 4 is 5.91 Å². The van der Waals surface area contributed by atoms with E-state index in [1.807, 2.05) is 18.2 Å². The lowest BCUT2D eigenvalue weighted by Crippen LogP contribution is -2.43. The first-order valence-corrected chi connectivity index (χ1v) is 6.95. The Morgan fingerprint density at radius 2 is 1.81 bits per heavy atom. The Labute approximate surface area is 123 Å². The van der Waals surface area contributed by atoms with E-state index in [2.05, 4.69) is 0 Å². The molecule has 0 spiro atoms. The zero-order valence-electron chi connectivity index (χ0n) is 11.5. The number of halogens is 1. The Kier molecular flexibility index (Phi) is 3.97. The zero-order chi connectivity index (χ0) is 14.7. The summed E-state index contributed by atoms with van der Waals surface area (Å²) in [7, 11) is 0. The number of nitrogens with zero attached hydrogens (tertiary/aromatic N) is 1. The predicted molar refractivity (Wildman–Crippen MR) is 77.4 cm³/mol. The lowest BCUT2D eigenvalue weighted by molar-refractivity contribution is -0.00271. The second-order valence-electron chi connectivity index (χ2n) is 5.01. The number of ether oxygens (including phenoxy) is 1. The molecule has 0 aliphatic carbocycles. The Balaban J connectivity index is 1.88. The summed E-state index contributed by atoms with van der Waals surface area (Å²) in [5.74, 6) is -0.301. The Morgan fingerprint density at radius 1 is 1.10 bits per heavy atom. The quantitative estimate of drug-likeness (QED) is 0.849. The van der Waals surface area contributed by atoms with E-state index in [1.54, 1.807) is 29.2 Å². The molecule has 1 aliphatic rings. The maximum Gasteiger partial charge on any atom is 0.254 e. The van der Waals surface area contributed by atoms with Crippen molar-refractivity contribution < 1.29 is 13.9 Å². The van der Waals surface area contributed by atoms with E-state index in [0.29, 0.717) is 25.3 Å². The molecule has 2 aromatic carbocycles. The summed E-state index contributed by atoms with van der Waals surface area (Å²) in [6, 6.07) is 15.3. The second kappa shape index (κ2) is 6.06. The highest BCUT2D eigenvalue weighted by Crippen LogP contribution is 2.26. The molecule has 108 valence electrons. The van der Waals surface area contributed by atoms with E-state index >= 15 is 0 Å². The largest absolute Gasteiger partial charge is 0.377 e. The van der Waals surface area contributed by atoms with Gasteiger partial charge in [-0.15, -0.1) is 0 Å². The van der Waals surface area contributed by atoms with Gasteiger partial charge in [0.2, 0.25) is 0 Å². The number of morpholine rings is 1. The Morgan fingerprint density at radius 3 is 2.52 bits per heavy atom. The van der Waals surface area contributed by atoms with Crippen LogP contribution in [0.1, 0.15) is 22.0 Å². The minimum Gasteiger partial charge on any atom is -0.377 e. The molecule has 21 heavy (non-hydrogen) atoms. The molecule has 1 unspecified atom stereocenters. The third-order valence-corrected chi connectivity index (χ3v) is 3.66. The maximum atomic E-state index is 13.1. The monoisotopic (exact) mass is 285 g/mol. The fourth-order valence-electron chi connectivity index (χ4n) is 2.55. The van der Waals surface area contributed by atoms with Crippen molar-refractivity contribution in [2.45, 2.75) is 6.04 Å². The highest BCUT2D eigenvalue weighted by Gasteiger charge is 2.29. The van der Waals surface area contributed by atoms with E-state index in [4.69, 9.17) is 4.74 Å². The van der Waals surface area contributed by atoms with Crippen LogP contribution in [-0.4, -0.2) is 30.6 Å². The third kappa shape index (κ3) is 2.95. The van der Waals surface area contributed by atoms with Crippen LogP contribution >= 0.6 is 0 Å². The van der Waals surface area contributed by atoms with Crippen molar-refractivity contribution in [2.75, 3.05) is 19.8 Å². The molecule has 4 heteroatoms. The van der Waals surface area contributed by atoms with Gasteiger partial charge in [-0.05, 0) is 29.8 Å². The molecule has 0 saturated carbocycles. The number of hydrogen-bond donors (Lipinski definition) is 0. The molecule has 0 aromatic heterocycles. The van der Waals surface area contributed by atoms with Gasteiger partial charge in [0.1, 0.15) is 5.82 Å². The molecule has 0 N–H and O–H groups in total. The highest BCUT2D eigenvalue weighted by atomic mass is 19.1. The van der Waals surface area contributed by atoms with Crippen LogP contribution in [0.15, 0.2) is 54.6 Å². The first kappa shape index (κ1) is 13.8. The van der Waals surface area contributed by atoms with E-state index < -0.39 is 0 Å². The molecular formula is C17H16FNO2. The average molecular weight is 285 g/mol. The van der Waals surface area contributed by atoms with Crippen LogP contribution in [-0.2, 0) is 4.74 Å². The predicted octanol–water partition coefficient (Wildman–Crippen LogP) is 3.04. The molecule has 1 fully saturated rings. The molecule has 2 aromatic rings. The standard InChI is InChI=1S/C17H16FNO2/c18-15-8-6-13(7-9-15)16-12-21-11-10-19(16)17(20)14-4-2-1-3-5-14/h1-9,16H,10-12H2. The van der Waals surface area contributed by atoms with Gasteiger partial charge in [-0.3, -0.25) is 4.79 Å². The molecule has 3 nitrogen and oxygen atoms in total. The number of rotatable bonds is 2. The van der Waals surface area contributed by atoms with Crippen molar-refractivity contribution in [3.63, 3.8) is 0 Å². The molecule has 0 radical (unpaired) electrons. The van der Waals surface area contributed by atoms with Gasteiger partial charge in [0.15, 0.2) is 0 Å². The first-order chi connectivity index (χ1) is 10.3. The SMILES string of the molecule is O=C(c1ccccc1)N1CCOCC1c1ccc(F)cc1. The molecule has 1 saturated heterocycles. The van der Waals surface area contributed by atoms with Crippen LogP contribution in [0.3, 0.4) is 0 Å². The number of amides is 1. The van der Waals surface area contributed by atoms with Gasteiger partial charge in [0, 0.05) is 12.1 Å². The van der Waals surface area contributed by atoms with Gasteiger partial charge in [-0.1, -0.05) is 30.3 Å². The third-order valence-electron chi connectivity index (χ3n) is 3.66. The van der Waals surface area contributed by atoms with Crippen LogP contribution in [0.2, 0.25) is 0 Å². The van der Waals surface area contributed by atoms with E-state index in [0.717, 1.165) is 5.56 Å². The van der Waals surface area contributed by atoms with Crippen LogP contribution < -0.4 is 0 Å². The Bertz CT molecular complexity index is 612. The highest BCUT2D eigenvalue weighted by molar-refractivity contribution is 5.94. The average Bonchev–Trinajstić information content (AvgIpc) is 2.56. The van der Waals surface area contributed by atoms with E-state index in [-0.39, 0.29) is 17.8 Å². The lowest BCUT2D eigenvalue weighted by atomic mass is 10.0. The normalized spacial score (nSPS) is 18.5. The number of carbonyl (C=O) groups is 1. The van der Waals surface area contributed by atoms with Gasteiger partial charge >= 0.3 is 0 Å². The second-order valence-corrected chi connectivity index (χ2v) is 5.01. The van der Waals surface area contributed by atoms with Crippen LogP contribution in [0, 0.1) is 5.82 Å². The summed E-state index contributed by atoms with van der Waals surface area (Å²) in [4.78, 5) is 14.4. The fourth-order valence-corrected chi connectivity index (χ4v) is 2.55. The van der Waals surface area contributed by atoms with E-state index in [9.17, 15) is 9.18 Å². The molecule has 1 aliphatic heterocycles. The molecule has 1 amide bonds. The van der Waals surface area contributed by atoms with Gasteiger partial charge in [0.25, 0.3) is 5.91 Å². The summed E-state index contributed by atoms with van der Waals surface area (Å²) >= 11 is 0. The topological polar surface area (TPSA) is 29.5 Å². The fraction of sp³-hybridized carbons (Fsp3) is 0.235. The minimum atomic E-state index is -0.281. The van der Waals surface area contributed by atoms with Crippen molar-refractivity contribution in [2.24, 2.45) is 0 Å². The van der Waals surface area contributed by atoms with Crippen LogP contribution in [0.5, 0.6) is 0 Å². The maximum absolute atomic E-state index is 13.1. The molecule has 0 bridgehead atoms. The van der Waals surface area contributed by atoms with Crippen molar-refractivity contribution in [1.82, 2.24) is 4.90 Å². The summed E-state index contributed by atoms with van der Waals surface area (Å²) in [5, 5.41) is 0. The van der Waals surface area contributed by atoms with Crippen LogP contribution in [0.4, 0.5) is 4.39 Å². The van der Waals surface area contributed by atoms with Gasteiger partial charge in [0.05, 0.1) is 19.3 Å². The number of carbonyl (C=O) groups excluding carboxylic acids is 1. The summed E-state index contributed by atoms with van der Waals surface area (Å²) in [6.45, 7) is 1.50. The molecule has 1 atom stereocenters. The van der Waals surface area contributed by atoms with Crippen LogP contribution in [0.25, 0.3) is 0 Å². The smallest absolute Gasteiger partial charge is 0.254 e. The van der Waals surface area contributed by atoms with Gasteiger partial charge in [-0.2, -0.15) is 0 Å². The number of benzene rings is 2.